The van der Waals surface area contributed by atoms with Crippen molar-refractivity contribution in [2.45, 2.75) is 97.3 Å². The normalized spacial score (nSPS) is 10.9. The van der Waals surface area contributed by atoms with Crippen LogP contribution in [0.1, 0.15) is 96.5 Å². The van der Waals surface area contributed by atoms with E-state index in [9.17, 15) is 4.79 Å². The van der Waals surface area contributed by atoms with E-state index in [1.165, 1.54) is 79.2 Å². The molecule has 0 aromatic heterocycles. The maximum Gasteiger partial charge on any atom is 0.311 e. The molecular formula is C34H44O2. The van der Waals surface area contributed by atoms with Gasteiger partial charge in [-0.05, 0) is 59.2 Å². The summed E-state index contributed by atoms with van der Waals surface area (Å²) in [6.45, 7) is 4.48. The number of esters is 1. The Morgan fingerprint density at radius 2 is 1.22 bits per heavy atom. The van der Waals surface area contributed by atoms with Gasteiger partial charge in [-0.1, -0.05) is 132 Å². The zero-order chi connectivity index (χ0) is 25.4. The Kier molecular flexibility index (Phi) is 12.3. The van der Waals surface area contributed by atoms with Crippen LogP contribution in [-0.2, 0) is 11.2 Å². The molecule has 0 amide bonds. The molecule has 3 aromatic carbocycles. The smallest absolute Gasteiger partial charge is 0.311 e. The number of rotatable bonds is 16. The van der Waals surface area contributed by atoms with E-state index >= 15 is 0 Å². The lowest BCUT2D eigenvalue weighted by Crippen LogP contribution is -2.08. The van der Waals surface area contributed by atoms with Crippen molar-refractivity contribution in [3.63, 3.8) is 0 Å². The Morgan fingerprint density at radius 1 is 0.611 bits per heavy atom. The second-order valence-corrected chi connectivity index (χ2v) is 9.89. The van der Waals surface area contributed by atoms with E-state index in [2.05, 4.69) is 80.6 Å². The largest absolute Gasteiger partial charge is 0.427 e. The molecule has 0 aliphatic heterocycles. The zero-order valence-electron chi connectivity index (χ0n) is 22.4. The van der Waals surface area contributed by atoms with E-state index < -0.39 is 0 Å². The van der Waals surface area contributed by atoms with Gasteiger partial charge in [0.25, 0.3) is 0 Å². The van der Waals surface area contributed by atoms with E-state index in [4.69, 9.17) is 4.74 Å². The summed E-state index contributed by atoms with van der Waals surface area (Å²) in [4.78, 5) is 12.5. The van der Waals surface area contributed by atoms with Crippen LogP contribution in [0, 0.1) is 0 Å². The fraction of sp³-hybridized carbons (Fsp3) is 0.441. The summed E-state index contributed by atoms with van der Waals surface area (Å²) in [6, 6.07) is 25.4. The van der Waals surface area contributed by atoms with Gasteiger partial charge in [-0.2, -0.15) is 0 Å². The van der Waals surface area contributed by atoms with Gasteiger partial charge in [0.1, 0.15) is 5.75 Å². The standard InChI is InChI=1S/C34H44O2/c1-3-5-7-9-11-16-24-34(35)36-30-25-26-32(29(27-30)21-13-10-8-6-4-2)33-23-18-17-22-31(33)28-19-14-12-15-20-28/h12,14-15,17-20,22-23,25-27H,3-11,13,16,21,24H2,1-2H3. The minimum atomic E-state index is -0.114. The van der Waals surface area contributed by atoms with Gasteiger partial charge in [-0.15, -0.1) is 0 Å². The molecule has 0 spiro atoms. The molecule has 0 aliphatic rings. The molecule has 0 heterocycles. The number of ether oxygens (including phenoxy) is 1. The van der Waals surface area contributed by atoms with E-state index in [0.29, 0.717) is 12.2 Å². The maximum absolute atomic E-state index is 12.5. The van der Waals surface area contributed by atoms with Crippen LogP contribution in [0.25, 0.3) is 22.3 Å². The van der Waals surface area contributed by atoms with Crippen LogP contribution in [0.4, 0.5) is 0 Å². The van der Waals surface area contributed by atoms with Gasteiger partial charge in [0.15, 0.2) is 0 Å². The molecule has 2 nitrogen and oxygen atoms in total. The lowest BCUT2D eigenvalue weighted by Gasteiger charge is -2.16. The molecule has 0 saturated carbocycles. The topological polar surface area (TPSA) is 26.3 Å². The van der Waals surface area contributed by atoms with Crippen LogP contribution < -0.4 is 4.74 Å². The highest BCUT2D eigenvalue weighted by Gasteiger charge is 2.13. The predicted molar refractivity (Wildman–Crippen MR) is 153 cm³/mol. The number of benzene rings is 3. The summed E-state index contributed by atoms with van der Waals surface area (Å²) >= 11 is 0. The molecule has 0 radical (unpaired) electrons. The fourth-order valence-electron chi connectivity index (χ4n) is 4.84. The average Bonchev–Trinajstić information content (AvgIpc) is 2.91. The van der Waals surface area contributed by atoms with Crippen molar-refractivity contribution in [1.29, 1.82) is 0 Å². The Bertz CT molecular complexity index is 1040. The highest BCUT2D eigenvalue weighted by Crippen LogP contribution is 2.36. The molecule has 0 atom stereocenters. The van der Waals surface area contributed by atoms with Crippen molar-refractivity contribution in [1.82, 2.24) is 0 Å². The molecule has 0 fully saturated rings. The average molecular weight is 485 g/mol. The summed E-state index contributed by atoms with van der Waals surface area (Å²) in [5.41, 5.74) is 6.19. The first-order valence-electron chi connectivity index (χ1n) is 14.2. The molecule has 0 bridgehead atoms. The number of aryl methyl sites for hydroxylation is 1. The first-order valence-corrected chi connectivity index (χ1v) is 14.2. The number of hydrogen-bond donors (Lipinski definition) is 0. The van der Waals surface area contributed by atoms with Crippen LogP contribution in [0.15, 0.2) is 72.8 Å². The fourth-order valence-corrected chi connectivity index (χ4v) is 4.84. The number of carbonyl (C=O) groups excluding carboxylic acids is 1. The van der Waals surface area contributed by atoms with Crippen LogP contribution in [0.5, 0.6) is 5.75 Å². The molecule has 3 aromatic rings. The Morgan fingerprint density at radius 3 is 1.94 bits per heavy atom. The summed E-state index contributed by atoms with van der Waals surface area (Å²) in [7, 11) is 0. The molecule has 3 rings (SSSR count). The Labute approximate surface area is 219 Å². The minimum Gasteiger partial charge on any atom is -0.427 e. The molecule has 0 aliphatic carbocycles. The highest BCUT2D eigenvalue weighted by atomic mass is 16.5. The summed E-state index contributed by atoms with van der Waals surface area (Å²) in [5, 5.41) is 0. The zero-order valence-corrected chi connectivity index (χ0v) is 22.4. The first kappa shape index (κ1) is 27.7. The van der Waals surface area contributed by atoms with Crippen LogP contribution in [0.2, 0.25) is 0 Å². The van der Waals surface area contributed by atoms with E-state index in [1.807, 2.05) is 6.07 Å². The van der Waals surface area contributed by atoms with Gasteiger partial charge in [0.2, 0.25) is 0 Å². The van der Waals surface area contributed by atoms with Crippen molar-refractivity contribution in [3.8, 4) is 28.0 Å². The van der Waals surface area contributed by atoms with Crippen molar-refractivity contribution in [2.24, 2.45) is 0 Å². The van der Waals surface area contributed by atoms with Crippen LogP contribution in [0.3, 0.4) is 0 Å². The van der Waals surface area contributed by atoms with Gasteiger partial charge in [0, 0.05) is 6.42 Å². The van der Waals surface area contributed by atoms with Crippen molar-refractivity contribution >= 4 is 5.97 Å². The highest BCUT2D eigenvalue weighted by molar-refractivity contribution is 5.85. The third kappa shape index (κ3) is 8.97. The van der Waals surface area contributed by atoms with E-state index in [1.54, 1.807) is 0 Å². The third-order valence-electron chi connectivity index (χ3n) is 6.89. The number of hydrogen-bond acceptors (Lipinski definition) is 2. The summed E-state index contributed by atoms with van der Waals surface area (Å²) < 4.78 is 5.79. The van der Waals surface area contributed by atoms with Crippen molar-refractivity contribution in [3.05, 3.63) is 78.4 Å². The molecule has 0 unspecified atom stereocenters. The predicted octanol–water partition coefficient (Wildman–Crippen LogP) is 10.2. The van der Waals surface area contributed by atoms with Gasteiger partial charge < -0.3 is 4.74 Å². The number of unbranched alkanes of at least 4 members (excludes halogenated alkanes) is 9. The summed E-state index contributed by atoms with van der Waals surface area (Å²) in [6.07, 6.45) is 14.7. The van der Waals surface area contributed by atoms with Crippen molar-refractivity contribution < 1.29 is 9.53 Å². The van der Waals surface area contributed by atoms with E-state index in [-0.39, 0.29) is 5.97 Å². The van der Waals surface area contributed by atoms with Gasteiger partial charge in [-0.25, -0.2) is 0 Å². The monoisotopic (exact) mass is 484 g/mol. The lowest BCUT2D eigenvalue weighted by atomic mass is 9.90. The molecule has 0 saturated heterocycles. The minimum absolute atomic E-state index is 0.114. The molecule has 192 valence electrons. The third-order valence-corrected chi connectivity index (χ3v) is 6.89. The Hall–Kier alpha value is -2.87. The van der Waals surface area contributed by atoms with Crippen LogP contribution in [-0.4, -0.2) is 5.97 Å². The van der Waals surface area contributed by atoms with Gasteiger partial charge in [-0.3, -0.25) is 4.79 Å². The number of carbonyl (C=O) groups is 1. The lowest BCUT2D eigenvalue weighted by molar-refractivity contribution is -0.134. The molecule has 2 heteroatoms. The van der Waals surface area contributed by atoms with Gasteiger partial charge >= 0.3 is 5.97 Å². The summed E-state index contributed by atoms with van der Waals surface area (Å²) in [5.74, 6) is 0.562. The van der Waals surface area contributed by atoms with E-state index in [0.717, 1.165) is 25.7 Å². The van der Waals surface area contributed by atoms with Crippen molar-refractivity contribution in [2.75, 3.05) is 0 Å². The second kappa shape index (κ2) is 16.0. The quantitative estimate of drug-likeness (QED) is 0.115. The molecule has 36 heavy (non-hydrogen) atoms. The molecular weight excluding hydrogens is 440 g/mol. The van der Waals surface area contributed by atoms with Crippen LogP contribution >= 0.6 is 0 Å². The van der Waals surface area contributed by atoms with Gasteiger partial charge in [0.05, 0.1) is 0 Å². The maximum atomic E-state index is 12.5. The Balaban J connectivity index is 1.76. The first-order chi connectivity index (χ1) is 17.7. The SMILES string of the molecule is CCCCCCCCC(=O)Oc1ccc(-c2ccccc2-c2ccccc2)c(CCCCCCC)c1. The molecule has 0 N–H and O–H groups in total. The second-order valence-electron chi connectivity index (χ2n) is 9.89.